The fourth-order valence-corrected chi connectivity index (χ4v) is 5.05. The summed E-state index contributed by atoms with van der Waals surface area (Å²) in [5.41, 5.74) is 1.48. The van der Waals surface area contributed by atoms with Crippen molar-refractivity contribution in [2.45, 2.75) is 24.3 Å². The maximum Gasteiger partial charge on any atom is 0.243 e. The van der Waals surface area contributed by atoms with Gasteiger partial charge in [-0.2, -0.15) is 4.31 Å². The first-order valence-corrected chi connectivity index (χ1v) is 12.3. The lowest BCUT2D eigenvalue weighted by Gasteiger charge is -2.31. The molecule has 1 fully saturated rings. The molecule has 8 nitrogen and oxygen atoms in total. The van der Waals surface area contributed by atoms with Gasteiger partial charge in [0, 0.05) is 44.8 Å². The van der Waals surface area contributed by atoms with E-state index < -0.39 is 10.0 Å². The molecular formula is C24H27N5O3S. The highest BCUT2D eigenvalue weighted by atomic mass is 32.2. The van der Waals surface area contributed by atoms with Crippen LogP contribution in [0.4, 0.5) is 11.6 Å². The van der Waals surface area contributed by atoms with E-state index in [0.29, 0.717) is 18.2 Å². The lowest BCUT2D eigenvalue weighted by atomic mass is 9.97. The van der Waals surface area contributed by atoms with Crippen LogP contribution in [-0.2, 0) is 21.4 Å². The summed E-state index contributed by atoms with van der Waals surface area (Å²) in [7, 11) is -2.08. The average Bonchev–Trinajstić information content (AvgIpc) is 2.85. The van der Waals surface area contributed by atoms with Gasteiger partial charge in [-0.15, -0.1) is 0 Å². The van der Waals surface area contributed by atoms with Gasteiger partial charge in [-0.1, -0.05) is 30.3 Å². The summed E-state index contributed by atoms with van der Waals surface area (Å²) in [5.74, 6) is 0.347. The number of nitrogens with zero attached hydrogens (tertiary/aromatic N) is 4. The lowest BCUT2D eigenvalue weighted by Crippen LogP contribution is -2.41. The van der Waals surface area contributed by atoms with Crippen molar-refractivity contribution in [3.05, 3.63) is 78.6 Å². The molecule has 0 bridgehead atoms. The quantitative estimate of drug-likeness (QED) is 0.576. The zero-order chi connectivity index (χ0) is 23.3. The largest absolute Gasteiger partial charge is 0.340 e. The molecule has 2 aromatic carbocycles. The Balaban J connectivity index is 1.38. The fourth-order valence-electron chi connectivity index (χ4n) is 3.89. The number of aromatic nitrogens is 2. The highest BCUT2D eigenvalue weighted by Crippen LogP contribution is 2.23. The zero-order valence-electron chi connectivity index (χ0n) is 18.5. The van der Waals surface area contributed by atoms with E-state index in [2.05, 4.69) is 15.3 Å². The second-order valence-electron chi connectivity index (χ2n) is 8.09. The van der Waals surface area contributed by atoms with E-state index in [9.17, 15) is 13.2 Å². The Labute approximate surface area is 194 Å². The molecule has 9 heteroatoms. The molecule has 1 aromatic heterocycles. The second-order valence-corrected chi connectivity index (χ2v) is 10.1. The predicted octanol–water partition coefficient (Wildman–Crippen LogP) is 3.15. The number of hydrogen-bond donors (Lipinski definition) is 1. The number of piperidine rings is 1. The molecule has 4 rings (SSSR count). The molecule has 0 radical (unpaired) electrons. The van der Waals surface area contributed by atoms with Crippen LogP contribution in [0.15, 0.2) is 78.0 Å². The van der Waals surface area contributed by atoms with Crippen LogP contribution in [-0.4, -0.2) is 48.7 Å². The number of sulfonamides is 1. The van der Waals surface area contributed by atoms with Crippen LogP contribution < -0.4 is 10.2 Å². The van der Waals surface area contributed by atoms with Crippen LogP contribution in [0.25, 0.3) is 0 Å². The van der Waals surface area contributed by atoms with Crippen molar-refractivity contribution in [1.82, 2.24) is 14.3 Å². The summed E-state index contributed by atoms with van der Waals surface area (Å²) in [4.78, 5) is 23.6. The molecule has 0 aliphatic carbocycles. The highest BCUT2D eigenvalue weighted by molar-refractivity contribution is 7.89. The van der Waals surface area contributed by atoms with E-state index in [1.165, 1.54) is 16.4 Å². The Hall–Kier alpha value is -3.30. The highest BCUT2D eigenvalue weighted by Gasteiger charge is 2.27. The summed E-state index contributed by atoms with van der Waals surface area (Å²) in [6.07, 6.45) is 5.05. The van der Waals surface area contributed by atoms with Gasteiger partial charge in [-0.05, 0) is 48.7 Å². The molecule has 1 aliphatic rings. The van der Waals surface area contributed by atoms with Crippen LogP contribution in [0.5, 0.6) is 0 Å². The van der Waals surface area contributed by atoms with E-state index >= 15 is 0 Å². The van der Waals surface area contributed by atoms with Crippen molar-refractivity contribution < 1.29 is 13.2 Å². The first kappa shape index (κ1) is 22.9. The minimum absolute atomic E-state index is 0.0903. The Kier molecular flexibility index (Phi) is 7.00. The molecule has 0 saturated carbocycles. The van der Waals surface area contributed by atoms with E-state index in [4.69, 9.17) is 0 Å². The SMILES string of the molecule is CN(Cc1ccccc1)S(=O)(=O)c1ccc(NC(=O)C2CCCN(c3ncccn3)C2)cc1. The molecule has 1 unspecified atom stereocenters. The summed E-state index contributed by atoms with van der Waals surface area (Å²) in [6, 6.07) is 17.5. The van der Waals surface area contributed by atoms with Crippen molar-refractivity contribution in [3.63, 3.8) is 0 Å². The summed E-state index contributed by atoms with van der Waals surface area (Å²) < 4.78 is 27.1. The lowest BCUT2D eigenvalue weighted by molar-refractivity contribution is -0.120. The Bertz CT molecular complexity index is 1170. The third-order valence-corrected chi connectivity index (χ3v) is 7.52. The summed E-state index contributed by atoms with van der Waals surface area (Å²) in [6.45, 7) is 1.65. The number of amides is 1. The minimum Gasteiger partial charge on any atom is -0.340 e. The third kappa shape index (κ3) is 5.55. The molecule has 172 valence electrons. The Morgan fingerprint density at radius 2 is 1.76 bits per heavy atom. The third-order valence-electron chi connectivity index (χ3n) is 5.71. The van der Waals surface area contributed by atoms with E-state index in [1.807, 2.05) is 35.2 Å². The average molecular weight is 466 g/mol. The number of nitrogens with one attached hydrogen (secondary N) is 1. The monoisotopic (exact) mass is 465 g/mol. The smallest absolute Gasteiger partial charge is 0.243 e. The van der Waals surface area contributed by atoms with Gasteiger partial charge in [0.1, 0.15) is 0 Å². The van der Waals surface area contributed by atoms with Gasteiger partial charge in [-0.25, -0.2) is 18.4 Å². The van der Waals surface area contributed by atoms with Crippen molar-refractivity contribution in [1.29, 1.82) is 0 Å². The zero-order valence-corrected chi connectivity index (χ0v) is 19.3. The number of carbonyl (C=O) groups excluding carboxylic acids is 1. The topological polar surface area (TPSA) is 95.5 Å². The molecule has 3 aromatic rings. The fraction of sp³-hybridized carbons (Fsp3) is 0.292. The van der Waals surface area contributed by atoms with Crippen molar-refractivity contribution in [2.75, 3.05) is 30.4 Å². The maximum atomic E-state index is 12.9. The minimum atomic E-state index is -3.64. The van der Waals surface area contributed by atoms with E-state index in [0.717, 1.165) is 24.9 Å². The molecule has 1 aliphatic heterocycles. The number of carbonyl (C=O) groups is 1. The van der Waals surface area contributed by atoms with Gasteiger partial charge < -0.3 is 10.2 Å². The molecule has 2 heterocycles. The van der Waals surface area contributed by atoms with Gasteiger partial charge in [0.15, 0.2) is 0 Å². The molecule has 33 heavy (non-hydrogen) atoms. The number of hydrogen-bond acceptors (Lipinski definition) is 6. The Morgan fingerprint density at radius 3 is 2.45 bits per heavy atom. The number of anilines is 2. The Morgan fingerprint density at radius 1 is 1.06 bits per heavy atom. The molecule has 1 N–H and O–H groups in total. The van der Waals surface area contributed by atoms with Crippen LogP contribution in [0.2, 0.25) is 0 Å². The van der Waals surface area contributed by atoms with Crippen molar-refractivity contribution in [3.8, 4) is 0 Å². The summed E-state index contributed by atoms with van der Waals surface area (Å²) >= 11 is 0. The first-order chi connectivity index (χ1) is 15.9. The van der Waals surface area contributed by atoms with Crippen LogP contribution >= 0.6 is 0 Å². The van der Waals surface area contributed by atoms with Gasteiger partial charge >= 0.3 is 0 Å². The normalized spacial score (nSPS) is 16.5. The van der Waals surface area contributed by atoms with Crippen molar-refractivity contribution >= 4 is 27.6 Å². The standard InChI is InChI=1S/C24H27N5O3S/c1-28(17-19-7-3-2-4-8-19)33(31,32)22-12-10-21(11-13-22)27-23(30)20-9-5-16-29(18-20)24-25-14-6-15-26-24/h2-4,6-8,10-15,20H,5,9,16-18H2,1H3,(H,27,30). The van der Waals surface area contributed by atoms with Crippen molar-refractivity contribution in [2.24, 2.45) is 5.92 Å². The van der Waals surface area contributed by atoms with Crippen LogP contribution in [0, 0.1) is 5.92 Å². The van der Waals surface area contributed by atoms with Crippen LogP contribution in [0.1, 0.15) is 18.4 Å². The second kappa shape index (κ2) is 10.1. The van der Waals surface area contributed by atoms with Gasteiger partial charge in [0.25, 0.3) is 0 Å². The molecule has 1 atom stereocenters. The van der Waals surface area contributed by atoms with Crippen LogP contribution in [0.3, 0.4) is 0 Å². The predicted molar refractivity (Wildman–Crippen MR) is 127 cm³/mol. The molecule has 1 amide bonds. The van der Waals surface area contributed by atoms with E-state index in [1.54, 1.807) is 37.6 Å². The number of rotatable bonds is 7. The molecular weight excluding hydrogens is 438 g/mol. The first-order valence-electron chi connectivity index (χ1n) is 10.9. The van der Waals surface area contributed by atoms with E-state index in [-0.39, 0.29) is 23.3 Å². The van der Waals surface area contributed by atoms with Gasteiger partial charge in [-0.3, -0.25) is 4.79 Å². The van der Waals surface area contributed by atoms with Gasteiger partial charge in [0.2, 0.25) is 21.9 Å². The molecule has 1 saturated heterocycles. The number of benzene rings is 2. The summed E-state index contributed by atoms with van der Waals surface area (Å²) in [5, 5.41) is 2.92. The maximum absolute atomic E-state index is 12.9. The molecule has 0 spiro atoms. The van der Waals surface area contributed by atoms with Gasteiger partial charge in [0.05, 0.1) is 10.8 Å².